The van der Waals surface area contributed by atoms with Crippen molar-refractivity contribution >= 4 is 33.4 Å². The molecule has 1 atom stereocenters. The van der Waals surface area contributed by atoms with Gasteiger partial charge in [0.25, 0.3) is 0 Å². The van der Waals surface area contributed by atoms with Crippen LogP contribution in [-0.4, -0.2) is 43.5 Å². The van der Waals surface area contributed by atoms with E-state index in [0.29, 0.717) is 29.8 Å². The number of piperidine rings is 1. The number of para-hydroxylation sites is 1. The summed E-state index contributed by atoms with van der Waals surface area (Å²) in [4.78, 5) is 16.4. The van der Waals surface area contributed by atoms with Crippen LogP contribution in [0.15, 0.2) is 58.3 Å². The van der Waals surface area contributed by atoms with Crippen molar-refractivity contribution in [1.29, 1.82) is 0 Å². The summed E-state index contributed by atoms with van der Waals surface area (Å²) in [5, 5.41) is 0.461. The summed E-state index contributed by atoms with van der Waals surface area (Å²) in [6.45, 7) is 4.07. The smallest absolute Gasteiger partial charge is 0.243 e. The number of benzene rings is 2. The molecule has 4 rings (SSSR count). The first kappa shape index (κ1) is 21.4. The van der Waals surface area contributed by atoms with Crippen LogP contribution in [0.3, 0.4) is 0 Å². The largest absolute Gasteiger partial charge is 0.311 e. The average Bonchev–Trinajstić information content (AvgIpc) is 2.93. The lowest BCUT2D eigenvalue weighted by molar-refractivity contribution is -0.118. The third-order valence-corrected chi connectivity index (χ3v) is 8.93. The van der Waals surface area contributed by atoms with Crippen LogP contribution >= 0.6 is 11.8 Å². The molecule has 0 saturated carbocycles. The van der Waals surface area contributed by atoms with Gasteiger partial charge in [0.05, 0.1) is 17.0 Å². The van der Waals surface area contributed by atoms with E-state index in [0.717, 1.165) is 41.8 Å². The van der Waals surface area contributed by atoms with Gasteiger partial charge in [0.1, 0.15) is 0 Å². The average molecular weight is 445 g/mol. The first-order valence-electron chi connectivity index (χ1n) is 10.6. The number of fused-ring (bicyclic) bond motifs is 1. The minimum absolute atomic E-state index is 0.0452. The van der Waals surface area contributed by atoms with Crippen molar-refractivity contribution in [2.24, 2.45) is 0 Å². The van der Waals surface area contributed by atoms with Crippen molar-refractivity contribution < 1.29 is 13.2 Å². The Morgan fingerprint density at radius 3 is 2.43 bits per heavy atom. The fraction of sp³-hybridized carbons (Fsp3) is 0.435. The lowest BCUT2D eigenvalue weighted by Crippen LogP contribution is -2.35. The predicted molar refractivity (Wildman–Crippen MR) is 121 cm³/mol. The molecule has 1 unspecified atom stereocenters. The van der Waals surface area contributed by atoms with Crippen LogP contribution in [0.4, 0.5) is 5.69 Å². The molecule has 1 fully saturated rings. The molecule has 0 N–H and O–H groups in total. The number of rotatable bonds is 4. The zero-order chi connectivity index (χ0) is 21.1. The van der Waals surface area contributed by atoms with E-state index in [-0.39, 0.29) is 12.3 Å². The van der Waals surface area contributed by atoms with Gasteiger partial charge in [-0.15, -0.1) is 11.8 Å². The van der Waals surface area contributed by atoms with Gasteiger partial charge >= 0.3 is 0 Å². The second-order valence-corrected chi connectivity index (χ2v) is 11.4. The van der Waals surface area contributed by atoms with Gasteiger partial charge in [0, 0.05) is 29.8 Å². The first-order chi connectivity index (χ1) is 14.4. The van der Waals surface area contributed by atoms with E-state index in [4.69, 9.17) is 0 Å². The number of sulfonamides is 1. The van der Waals surface area contributed by atoms with Crippen molar-refractivity contribution in [3.05, 3.63) is 54.1 Å². The van der Waals surface area contributed by atoms with Crippen LogP contribution in [0.1, 0.15) is 38.2 Å². The third-order valence-electron chi connectivity index (χ3n) is 5.78. The quantitative estimate of drug-likeness (QED) is 0.705. The summed E-state index contributed by atoms with van der Waals surface area (Å²) >= 11 is 1.81. The van der Waals surface area contributed by atoms with Crippen LogP contribution in [0.5, 0.6) is 0 Å². The molecule has 0 radical (unpaired) electrons. The molecule has 7 heteroatoms. The zero-order valence-electron chi connectivity index (χ0n) is 17.3. The van der Waals surface area contributed by atoms with E-state index < -0.39 is 10.0 Å². The summed E-state index contributed by atoms with van der Waals surface area (Å²) in [6, 6.07) is 14.9. The number of hydrogen-bond donors (Lipinski definition) is 0. The van der Waals surface area contributed by atoms with Crippen molar-refractivity contribution in [3.63, 3.8) is 0 Å². The summed E-state index contributed by atoms with van der Waals surface area (Å²) in [7, 11) is -3.44. The van der Waals surface area contributed by atoms with Crippen molar-refractivity contribution in [2.45, 2.75) is 54.1 Å². The summed E-state index contributed by atoms with van der Waals surface area (Å²) in [5.41, 5.74) is 1.81. The van der Waals surface area contributed by atoms with Crippen molar-refractivity contribution in [3.8, 4) is 0 Å². The number of nitrogens with zero attached hydrogens (tertiary/aromatic N) is 2. The summed E-state index contributed by atoms with van der Waals surface area (Å²) in [5.74, 6) is 0.0452. The second kappa shape index (κ2) is 9.12. The highest BCUT2D eigenvalue weighted by Gasteiger charge is 2.27. The molecule has 0 aromatic heterocycles. The Labute approximate surface area is 183 Å². The molecule has 30 heavy (non-hydrogen) atoms. The van der Waals surface area contributed by atoms with Crippen LogP contribution in [0.25, 0.3) is 0 Å². The Kier molecular flexibility index (Phi) is 6.51. The van der Waals surface area contributed by atoms with Crippen molar-refractivity contribution in [1.82, 2.24) is 4.31 Å². The monoisotopic (exact) mass is 444 g/mol. The Hall–Kier alpha value is -1.83. The lowest BCUT2D eigenvalue weighted by Gasteiger charge is -2.26. The molecule has 160 valence electrons. The van der Waals surface area contributed by atoms with Gasteiger partial charge in [0.15, 0.2) is 0 Å². The number of thioether (sulfide) groups is 1. The van der Waals surface area contributed by atoms with E-state index in [2.05, 4.69) is 13.0 Å². The first-order valence-corrected chi connectivity index (χ1v) is 12.9. The molecule has 2 aliphatic heterocycles. The highest BCUT2D eigenvalue weighted by molar-refractivity contribution is 8.00. The van der Waals surface area contributed by atoms with Gasteiger partial charge in [-0.2, -0.15) is 4.31 Å². The maximum Gasteiger partial charge on any atom is 0.243 e. The number of carbonyl (C=O) groups is 1. The van der Waals surface area contributed by atoms with Crippen LogP contribution < -0.4 is 4.90 Å². The van der Waals surface area contributed by atoms with Gasteiger partial charge in [-0.1, -0.05) is 37.6 Å². The predicted octanol–water partition coefficient (Wildman–Crippen LogP) is 4.32. The van der Waals surface area contributed by atoms with Gasteiger partial charge in [-0.3, -0.25) is 4.79 Å². The van der Waals surface area contributed by atoms with Gasteiger partial charge in [-0.05, 0) is 49.1 Å². The normalized spacial score (nSPS) is 20.4. The van der Waals surface area contributed by atoms with Gasteiger partial charge in [-0.25, -0.2) is 8.42 Å². The molecule has 1 saturated heterocycles. The third kappa shape index (κ3) is 4.58. The standard InChI is InChI=1S/C23H28N2O3S2/c1-18-13-16-25(21-7-3-4-8-22(21)29-18)23(26)17-19-9-11-20(12-10-19)30(27,28)24-14-5-2-6-15-24/h3-4,7-12,18H,2,5-6,13-17H2,1H3. The van der Waals surface area contributed by atoms with Crippen LogP contribution in [0, 0.1) is 0 Å². The van der Waals surface area contributed by atoms with Crippen LogP contribution in [-0.2, 0) is 21.2 Å². The number of carbonyl (C=O) groups excluding carboxylic acids is 1. The highest BCUT2D eigenvalue weighted by Crippen LogP contribution is 2.37. The van der Waals surface area contributed by atoms with Gasteiger partial charge < -0.3 is 4.90 Å². The fourth-order valence-corrected chi connectivity index (χ4v) is 6.68. The molecule has 0 spiro atoms. The maximum absolute atomic E-state index is 13.1. The molecular weight excluding hydrogens is 416 g/mol. The fourth-order valence-electron chi connectivity index (χ4n) is 4.05. The maximum atomic E-state index is 13.1. The molecule has 2 aliphatic rings. The lowest BCUT2D eigenvalue weighted by atomic mass is 10.1. The van der Waals surface area contributed by atoms with E-state index in [1.54, 1.807) is 28.6 Å². The van der Waals surface area contributed by atoms with E-state index >= 15 is 0 Å². The summed E-state index contributed by atoms with van der Waals surface area (Å²) < 4.78 is 27.2. The minimum atomic E-state index is -3.44. The SMILES string of the molecule is CC1CCN(C(=O)Cc2ccc(S(=O)(=O)N3CCCCC3)cc2)c2ccccc2S1. The molecule has 5 nitrogen and oxygen atoms in total. The van der Waals surface area contributed by atoms with E-state index in [1.165, 1.54) is 0 Å². The Morgan fingerprint density at radius 1 is 1.00 bits per heavy atom. The molecule has 2 aromatic rings. The van der Waals surface area contributed by atoms with Gasteiger partial charge in [0.2, 0.25) is 15.9 Å². The van der Waals surface area contributed by atoms with Crippen molar-refractivity contribution in [2.75, 3.05) is 24.5 Å². The Morgan fingerprint density at radius 2 is 1.70 bits per heavy atom. The number of hydrogen-bond acceptors (Lipinski definition) is 4. The zero-order valence-corrected chi connectivity index (χ0v) is 18.9. The number of amides is 1. The Balaban J connectivity index is 1.49. The minimum Gasteiger partial charge on any atom is -0.311 e. The Bertz CT molecular complexity index is 999. The molecule has 2 heterocycles. The molecule has 0 aliphatic carbocycles. The topological polar surface area (TPSA) is 57.7 Å². The van der Waals surface area contributed by atoms with E-state index in [9.17, 15) is 13.2 Å². The highest BCUT2D eigenvalue weighted by atomic mass is 32.2. The number of anilines is 1. The second-order valence-electron chi connectivity index (χ2n) is 8.02. The molecule has 0 bridgehead atoms. The molecular formula is C23H28N2O3S2. The molecule has 2 aromatic carbocycles. The summed E-state index contributed by atoms with van der Waals surface area (Å²) in [6.07, 6.45) is 4.12. The van der Waals surface area contributed by atoms with E-state index in [1.807, 2.05) is 34.9 Å². The molecule has 1 amide bonds. The van der Waals surface area contributed by atoms with Crippen LogP contribution in [0.2, 0.25) is 0 Å².